The van der Waals surface area contributed by atoms with Gasteiger partial charge in [-0.25, -0.2) is 0 Å². The van der Waals surface area contributed by atoms with Gasteiger partial charge in [0.15, 0.2) is 0 Å². The quantitative estimate of drug-likeness (QED) is 0.808. The molecule has 2 rings (SSSR count). The van der Waals surface area contributed by atoms with Crippen molar-refractivity contribution in [3.05, 3.63) is 12.4 Å². The van der Waals surface area contributed by atoms with Crippen LogP contribution in [-0.4, -0.2) is 15.8 Å². The fourth-order valence-corrected chi connectivity index (χ4v) is 2.07. The molecule has 1 aliphatic rings. The second-order valence-electron chi connectivity index (χ2n) is 5.47. The first kappa shape index (κ1) is 10.5. The number of hydrogen-bond donors (Lipinski definition) is 1. The zero-order valence-electron chi connectivity index (χ0n) is 9.95. The SMILES string of the molecule is CC(C)(C)n1cc(NC2CCCC2)cn1. The van der Waals surface area contributed by atoms with Crippen molar-refractivity contribution in [3.63, 3.8) is 0 Å². The molecule has 0 atom stereocenters. The van der Waals surface area contributed by atoms with Gasteiger partial charge in [0.2, 0.25) is 0 Å². The van der Waals surface area contributed by atoms with E-state index < -0.39 is 0 Å². The van der Waals surface area contributed by atoms with Crippen LogP contribution >= 0.6 is 0 Å². The van der Waals surface area contributed by atoms with Gasteiger partial charge in [-0.15, -0.1) is 0 Å². The first-order valence-corrected chi connectivity index (χ1v) is 5.87. The molecule has 1 aromatic rings. The van der Waals surface area contributed by atoms with Gasteiger partial charge in [0, 0.05) is 12.2 Å². The predicted octanol–water partition coefficient (Wildman–Crippen LogP) is 2.99. The van der Waals surface area contributed by atoms with Gasteiger partial charge in [-0.2, -0.15) is 5.10 Å². The molecule has 1 aromatic heterocycles. The fraction of sp³-hybridized carbons (Fsp3) is 0.750. The third-order valence-corrected chi connectivity index (χ3v) is 3.00. The van der Waals surface area contributed by atoms with Gasteiger partial charge in [-0.05, 0) is 33.6 Å². The maximum absolute atomic E-state index is 4.38. The van der Waals surface area contributed by atoms with Crippen molar-refractivity contribution in [2.24, 2.45) is 0 Å². The lowest BCUT2D eigenvalue weighted by atomic mass is 10.1. The molecule has 1 saturated carbocycles. The van der Waals surface area contributed by atoms with Crippen LogP contribution in [0.25, 0.3) is 0 Å². The van der Waals surface area contributed by atoms with Crippen LogP contribution in [0.15, 0.2) is 12.4 Å². The van der Waals surface area contributed by atoms with E-state index in [-0.39, 0.29) is 5.54 Å². The maximum atomic E-state index is 4.38. The van der Waals surface area contributed by atoms with E-state index in [2.05, 4.69) is 37.4 Å². The third kappa shape index (κ3) is 2.52. The Morgan fingerprint density at radius 2 is 2.00 bits per heavy atom. The van der Waals surface area contributed by atoms with Crippen molar-refractivity contribution >= 4 is 5.69 Å². The lowest BCUT2D eigenvalue weighted by Gasteiger charge is -2.19. The molecule has 3 nitrogen and oxygen atoms in total. The lowest BCUT2D eigenvalue weighted by Crippen LogP contribution is -2.22. The zero-order valence-corrected chi connectivity index (χ0v) is 9.95. The highest BCUT2D eigenvalue weighted by Crippen LogP contribution is 2.23. The van der Waals surface area contributed by atoms with Crippen molar-refractivity contribution in [1.29, 1.82) is 0 Å². The standard InChI is InChI=1S/C12H21N3/c1-12(2,3)15-9-11(8-13-15)14-10-6-4-5-7-10/h8-10,14H,4-7H2,1-3H3. The molecule has 0 bridgehead atoms. The molecule has 1 N–H and O–H groups in total. The van der Waals surface area contributed by atoms with E-state index in [9.17, 15) is 0 Å². The number of hydrogen-bond acceptors (Lipinski definition) is 2. The highest BCUT2D eigenvalue weighted by atomic mass is 15.3. The molecule has 15 heavy (non-hydrogen) atoms. The number of rotatable bonds is 2. The maximum Gasteiger partial charge on any atom is 0.0728 e. The minimum absolute atomic E-state index is 0.0790. The van der Waals surface area contributed by atoms with Gasteiger partial charge in [0.25, 0.3) is 0 Å². The van der Waals surface area contributed by atoms with Crippen LogP contribution in [0.2, 0.25) is 0 Å². The van der Waals surface area contributed by atoms with Crippen LogP contribution in [0.1, 0.15) is 46.5 Å². The minimum Gasteiger partial charge on any atom is -0.380 e. The normalized spacial score (nSPS) is 18.3. The zero-order chi connectivity index (χ0) is 10.9. The Morgan fingerprint density at radius 3 is 2.53 bits per heavy atom. The summed E-state index contributed by atoms with van der Waals surface area (Å²) in [6, 6.07) is 0.669. The van der Waals surface area contributed by atoms with Crippen molar-refractivity contribution < 1.29 is 0 Å². The highest BCUT2D eigenvalue weighted by Gasteiger charge is 2.17. The van der Waals surface area contributed by atoms with E-state index in [1.54, 1.807) is 0 Å². The van der Waals surface area contributed by atoms with Crippen molar-refractivity contribution in [3.8, 4) is 0 Å². The van der Waals surface area contributed by atoms with Gasteiger partial charge >= 0.3 is 0 Å². The molecule has 0 spiro atoms. The molecule has 0 radical (unpaired) electrons. The van der Waals surface area contributed by atoms with Gasteiger partial charge in [-0.1, -0.05) is 12.8 Å². The average molecular weight is 207 g/mol. The summed E-state index contributed by atoms with van der Waals surface area (Å²) < 4.78 is 2.02. The second kappa shape index (κ2) is 3.87. The average Bonchev–Trinajstić information content (AvgIpc) is 2.73. The number of anilines is 1. The summed E-state index contributed by atoms with van der Waals surface area (Å²) in [7, 11) is 0. The van der Waals surface area contributed by atoms with Gasteiger partial charge in [0.1, 0.15) is 0 Å². The number of nitrogens with zero attached hydrogens (tertiary/aromatic N) is 2. The van der Waals surface area contributed by atoms with Gasteiger partial charge in [0.05, 0.1) is 17.4 Å². The molecule has 0 aromatic carbocycles. The Morgan fingerprint density at radius 1 is 1.33 bits per heavy atom. The Bertz CT molecular complexity index is 316. The summed E-state index contributed by atoms with van der Waals surface area (Å²) in [6.07, 6.45) is 9.39. The molecule has 0 saturated heterocycles. The van der Waals surface area contributed by atoms with Crippen molar-refractivity contribution in [2.75, 3.05) is 5.32 Å². The van der Waals surface area contributed by atoms with Gasteiger partial charge < -0.3 is 5.32 Å². The molecule has 0 amide bonds. The van der Waals surface area contributed by atoms with E-state index >= 15 is 0 Å². The molecule has 3 heteroatoms. The molecule has 0 aliphatic heterocycles. The molecular weight excluding hydrogens is 186 g/mol. The van der Waals surface area contributed by atoms with E-state index in [1.807, 2.05) is 10.9 Å². The molecule has 1 aliphatic carbocycles. The summed E-state index contributed by atoms with van der Waals surface area (Å²) in [6.45, 7) is 6.50. The Labute approximate surface area is 91.9 Å². The highest BCUT2D eigenvalue weighted by molar-refractivity contribution is 5.39. The first-order chi connectivity index (χ1) is 7.05. The summed E-state index contributed by atoms with van der Waals surface area (Å²) in [5, 5.41) is 7.93. The van der Waals surface area contributed by atoms with Crippen LogP contribution in [-0.2, 0) is 5.54 Å². The fourth-order valence-electron chi connectivity index (χ4n) is 2.07. The Kier molecular flexibility index (Phi) is 2.72. The number of nitrogens with one attached hydrogen (secondary N) is 1. The molecule has 1 fully saturated rings. The van der Waals surface area contributed by atoms with Crippen LogP contribution in [0.5, 0.6) is 0 Å². The molecule has 1 heterocycles. The molecule has 0 unspecified atom stereocenters. The predicted molar refractivity (Wildman–Crippen MR) is 63.1 cm³/mol. The number of aromatic nitrogens is 2. The molecular formula is C12H21N3. The third-order valence-electron chi connectivity index (χ3n) is 3.00. The van der Waals surface area contributed by atoms with Crippen LogP contribution < -0.4 is 5.32 Å². The topological polar surface area (TPSA) is 29.9 Å². The van der Waals surface area contributed by atoms with Crippen molar-refractivity contribution in [2.45, 2.75) is 58.0 Å². The summed E-state index contributed by atoms with van der Waals surface area (Å²) in [5.74, 6) is 0. The Hall–Kier alpha value is -0.990. The second-order valence-corrected chi connectivity index (χ2v) is 5.47. The largest absolute Gasteiger partial charge is 0.380 e. The monoisotopic (exact) mass is 207 g/mol. The van der Waals surface area contributed by atoms with E-state index in [0.29, 0.717) is 6.04 Å². The minimum atomic E-state index is 0.0790. The smallest absolute Gasteiger partial charge is 0.0728 e. The van der Waals surface area contributed by atoms with Crippen molar-refractivity contribution in [1.82, 2.24) is 9.78 Å². The van der Waals surface area contributed by atoms with Crippen LogP contribution in [0, 0.1) is 0 Å². The summed E-state index contributed by atoms with van der Waals surface area (Å²) in [4.78, 5) is 0. The summed E-state index contributed by atoms with van der Waals surface area (Å²) in [5.41, 5.74) is 1.24. The Balaban J connectivity index is 2.00. The van der Waals surface area contributed by atoms with E-state index in [0.717, 1.165) is 5.69 Å². The van der Waals surface area contributed by atoms with Crippen LogP contribution in [0.4, 0.5) is 5.69 Å². The van der Waals surface area contributed by atoms with E-state index in [1.165, 1.54) is 25.7 Å². The van der Waals surface area contributed by atoms with E-state index in [4.69, 9.17) is 0 Å². The van der Waals surface area contributed by atoms with Gasteiger partial charge in [-0.3, -0.25) is 4.68 Å². The lowest BCUT2D eigenvalue weighted by molar-refractivity contribution is 0.355. The van der Waals surface area contributed by atoms with Crippen LogP contribution in [0.3, 0.4) is 0 Å². The molecule has 84 valence electrons. The first-order valence-electron chi connectivity index (χ1n) is 5.87. The summed E-state index contributed by atoms with van der Waals surface area (Å²) >= 11 is 0.